The number of rotatable bonds is 4. The molecule has 2 amide bonds. The maximum absolute atomic E-state index is 12.1. The molecule has 1 aromatic heterocycles. The second-order valence-electron chi connectivity index (χ2n) is 4.59. The Morgan fingerprint density at radius 1 is 1.38 bits per heavy atom. The Hall–Kier alpha value is -2.15. The molecule has 1 saturated heterocycles. The Morgan fingerprint density at radius 3 is 2.67 bits per heavy atom. The molecule has 2 rings (SSSR count). The van der Waals surface area contributed by atoms with Crippen molar-refractivity contribution < 1.29 is 19.1 Å². The molecule has 7 heteroatoms. The molecule has 6 nitrogen and oxygen atoms in total. The quantitative estimate of drug-likeness (QED) is 0.626. The maximum Gasteiger partial charge on any atom is 0.326 e. The van der Waals surface area contributed by atoms with Gasteiger partial charge in [0.15, 0.2) is 0 Å². The van der Waals surface area contributed by atoms with Gasteiger partial charge in [-0.2, -0.15) is 0 Å². The molecular weight excluding hydrogens is 292 g/mol. The van der Waals surface area contributed by atoms with E-state index in [1.165, 1.54) is 0 Å². The van der Waals surface area contributed by atoms with Crippen molar-refractivity contribution in [3.05, 3.63) is 35.0 Å². The van der Waals surface area contributed by atoms with E-state index in [9.17, 15) is 14.4 Å². The number of thioether (sulfide) groups is 1. The number of aromatic nitrogens is 1. The van der Waals surface area contributed by atoms with Gasteiger partial charge in [0.25, 0.3) is 11.1 Å². The lowest BCUT2D eigenvalue weighted by Crippen LogP contribution is -2.35. The van der Waals surface area contributed by atoms with Crippen molar-refractivity contribution in [2.75, 3.05) is 6.54 Å². The number of imide groups is 1. The highest BCUT2D eigenvalue weighted by molar-refractivity contribution is 8.18. The van der Waals surface area contributed by atoms with Crippen LogP contribution in [-0.4, -0.2) is 39.6 Å². The molecule has 1 aliphatic rings. The van der Waals surface area contributed by atoms with Crippen LogP contribution in [0.2, 0.25) is 0 Å². The van der Waals surface area contributed by atoms with E-state index in [4.69, 9.17) is 4.74 Å². The van der Waals surface area contributed by atoms with Crippen LogP contribution in [0.1, 0.15) is 19.4 Å². The molecule has 0 atom stereocenters. The predicted molar refractivity (Wildman–Crippen MR) is 78.1 cm³/mol. The minimum Gasteiger partial charge on any atom is -0.462 e. The van der Waals surface area contributed by atoms with Crippen LogP contribution in [-0.2, 0) is 14.3 Å². The van der Waals surface area contributed by atoms with Crippen molar-refractivity contribution in [2.45, 2.75) is 20.0 Å². The Balaban J connectivity index is 2.10. The third kappa shape index (κ3) is 3.91. The Bertz CT molecular complexity index is 598. The molecule has 110 valence electrons. The van der Waals surface area contributed by atoms with Crippen molar-refractivity contribution in [3.63, 3.8) is 0 Å². The van der Waals surface area contributed by atoms with E-state index in [2.05, 4.69) is 4.98 Å². The lowest BCUT2D eigenvalue weighted by Gasteiger charge is -2.13. The summed E-state index contributed by atoms with van der Waals surface area (Å²) < 4.78 is 4.94. The van der Waals surface area contributed by atoms with Gasteiger partial charge in [0.2, 0.25) is 0 Å². The fraction of sp³-hybridized carbons (Fsp3) is 0.286. The van der Waals surface area contributed by atoms with Crippen LogP contribution >= 0.6 is 11.8 Å². The smallest absolute Gasteiger partial charge is 0.326 e. The summed E-state index contributed by atoms with van der Waals surface area (Å²) in [6.45, 7) is 3.04. The number of nitrogens with zero attached hydrogens (tertiary/aromatic N) is 2. The minimum absolute atomic E-state index is 0.281. The molecule has 1 aliphatic heterocycles. The second kappa shape index (κ2) is 6.53. The van der Waals surface area contributed by atoms with Gasteiger partial charge in [-0.05, 0) is 49.4 Å². The molecule has 0 spiro atoms. The maximum atomic E-state index is 12.1. The van der Waals surface area contributed by atoms with Gasteiger partial charge < -0.3 is 4.74 Å². The average molecular weight is 306 g/mol. The van der Waals surface area contributed by atoms with E-state index < -0.39 is 17.1 Å². The van der Waals surface area contributed by atoms with Gasteiger partial charge >= 0.3 is 5.97 Å². The van der Waals surface area contributed by atoms with E-state index in [0.29, 0.717) is 0 Å². The van der Waals surface area contributed by atoms with Crippen molar-refractivity contribution in [1.82, 2.24) is 9.88 Å². The third-order valence-corrected chi connectivity index (χ3v) is 3.44. The summed E-state index contributed by atoms with van der Waals surface area (Å²) in [5.74, 6) is -1.08. The van der Waals surface area contributed by atoms with Crippen LogP contribution in [0.4, 0.5) is 4.79 Å². The molecular formula is C14H14N2O4S. The molecule has 0 radical (unpaired) electrons. The van der Waals surface area contributed by atoms with E-state index in [0.717, 1.165) is 22.2 Å². The monoisotopic (exact) mass is 306 g/mol. The van der Waals surface area contributed by atoms with E-state index in [1.54, 1.807) is 44.4 Å². The number of hydrogen-bond donors (Lipinski definition) is 0. The summed E-state index contributed by atoms with van der Waals surface area (Å²) >= 11 is 0.808. The first-order valence-corrected chi connectivity index (χ1v) is 7.14. The molecule has 2 heterocycles. The molecule has 0 unspecified atom stereocenters. The van der Waals surface area contributed by atoms with E-state index in [-0.39, 0.29) is 17.6 Å². The summed E-state index contributed by atoms with van der Waals surface area (Å²) in [6.07, 6.45) is 4.50. The molecule has 0 bridgehead atoms. The first-order chi connectivity index (χ1) is 9.97. The first kappa shape index (κ1) is 15.2. The van der Waals surface area contributed by atoms with Gasteiger partial charge in [-0.15, -0.1) is 0 Å². The lowest BCUT2D eigenvalue weighted by molar-refractivity contribution is -0.149. The van der Waals surface area contributed by atoms with Gasteiger partial charge in [0, 0.05) is 12.4 Å². The van der Waals surface area contributed by atoms with Crippen LogP contribution in [0.25, 0.3) is 6.08 Å². The number of carbonyl (C=O) groups is 3. The zero-order valence-corrected chi connectivity index (χ0v) is 12.4. The molecule has 1 fully saturated rings. The van der Waals surface area contributed by atoms with E-state index >= 15 is 0 Å². The first-order valence-electron chi connectivity index (χ1n) is 6.32. The van der Waals surface area contributed by atoms with Gasteiger partial charge in [-0.3, -0.25) is 24.3 Å². The van der Waals surface area contributed by atoms with Crippen LogP contribution in [0.5, 0.6) is 0 Å². The van der Waals surface area contributed by atoms with Crippen molar-refractivity contribution >= 4 is 35.0 Å². The Labute approximate surface area is 126 Å². The molecule has 0 saturated carbocycles. The third-order valence-electron chi connectivity index (χ3n) is 2.53. The second-order valence-corrected chi connectivity index (χ2v) is 5.58. The van der Waals surface area contributed by atoms with Crippen molar-refractivity contribution in [1.29, 1.82) is 0 Å². The van der Waals surface area contributed by atoms with Crippen LogP contribution < -0.4 is 0 Å². The van der Waals surface area contributed by atoms with Crippen molar-refractivity contribution in [3.8, 4) is 0 Å². The molecule has 0 aliphatic carbocycles. The summed E-state index contributed by atoms with van der Waals surface area (Å²) in [7, 11) is 0. The standard InChI is InChI=1S/C14H14N2O4S/c1-9(2)20-12(17)8-16-13(18)11(21-14(16)19)7-10-3-5-15-6-4-10/h3-7,9H,8H2,1-2H3/b11-7-. The number of ether oxygens (including phenoxy) is 1. The van der Waals surface area contributed by atoms with Gasteiger partial charge in [0.05, 0.1) is 11.0 Å². The summed E-state index contributed by atoms with van der Waals surface area (Å²) in [6, 6.07) is 3.45. The Kier molecular flexibility index (Phi) is 4.74. The van der Waals surface area contributed by atoms with Gasteiger partial charge in [-0.25, -0.2) is 0 Å². The summed E-state index contributed by atoms with van der Waals surface area (Å²) in [4.78, 5) is 40.6. The summed E-state index contributed by atoms with van der Waals surface area (Å²) in [5, 5.41) is -0.471. The number of amides is 2. The summed E-state index contributed by atoms with van der Waals surface area (Å²) in [5.41, 5.74) is 0.764. The highest BCUT2D eigenvalue weighted by Gasteiger charge is 2.36. The average Bonchev–Trinajstić information content (AvgIpc) is 2.67. The molecule has 0 aromatic carbocycles. The zero-order chi connectivity index (χ0) is 15.4. The number of esters is 1. The predicted octanol–water partition coefficient (Wildman–Crippen LogP) is 2.07. The zero-order valence-electron chi connectivity index (χ0n) is 11.6. The molecule has 21 heavy (non-hydrogen) atoms. The lowest BCUT2D eigenvalue weighted by atomic mass is 10.2. The largest absolute Gasteiger partial charge is 0.462 e. The van der Waals surface area contributed by atoms with Crippen LogP contribution in [0, 0.1) is 0 Å². The van der Waals surface area contributed by atoms with Crippen LogP contribution in [0.15, 0.2) is 29.4 Å². The van der Waals surface area contributed by atoms with Gasteiger partial charge in [-0.1, -0.05) is 0 Å². The topological polar surface area (TPSA) is 76.6 Å². The number of carbonyl (C=O) groups excluding carboxylic acids is 3. The van der Waals surface area contributed by atoms with Crippen molar-refractivity contribution in [2.24, 2.45) is 0 Å². The Morgan fingerprint density at radius 2 is 2.05 bits per heavy atom. The fourth-order valence-corrected chi connectivity index (χ4v) is 2.51. The number of pyridine rings is 1. The minimum atomic E-state index is -0.600. The highest BCUT2D eigenvalue weighted by atomic mass is 32.2. The molecule has 0 N–H and O–H groups in total. The highest BCUT2D eigenvalue weighted by Crippen LogP contribution is 2.31. The van der Waals surface area contributed by atoms with Crippen LogP contribution in [0.3, 0.4) is 0 Å². The molecule has 1 aromatic rings. The van der Waals surface area contributed by atoms with Gasteiger partial charge in [0.1, 0.15) is 6.54 Å². The fourth-order valence-electron chi connectivity index (χ4n) is 1.68. The normalized spacial score (nSPS) is 16.9. The SMILES string of the molecule is CC(C)OC(=O)CN1C(=O)S/C(=C\c2ccncc2)C1=O. The van der Waals surface area contributed by atoms with E-state index in [1.807, 2.05) is 0 Å². The number of hydrogen-bond acceptors (Lipinski definition) is 6.